The smallest absolute Gasteiger partial charge is 0.270 e. The summed E-state index contributed by atoms with van der Waals surface area (Å²) in [7, 11) is 1.81. The molecular weight excluding hydrogens is 340 g/mol. The Bertz CT molecular complexity index is 854. The molecule has 0 bridgehead atoms. The molecule has 2 fully saturated rings. The van der Waals surface area contributed by atoms with E-state index in [0.29, 0.717) is 18.8 Å². The summed E-state index contributed by atoms with van der Waals surface area (Å²) in [6, 6.07) is 13.9. The number of hydrogen-bond acceptors (Lipinski definition) is 4. The number of pyridine rings is 1. The Morgan fingerprint density at radius 2 is 2.00 bits per heavy atom. The van der Waals surface area contributed by atoms with Gasteiger partial charge in [-0.15, -0.1) is 0 Å². The highest BCUT2D eigenvalue weighted by Gasteiger charge is 2.44. The molecule has 1 saturated carbocycles. The van der Waals surface area contributed by atoms with Gasteiger partial charge in [-0.2, -0.15) is 0 Å². The number of hydrogen-bond donors (Lipinski definition) is 1. The summed E-state index contributed by atoms with van der Waals surface area (Å²) >= 11 is 0. The SMILES string of the molecule is CN1CCN(c2ccnc(C(=O)NC3(Cc4ccccc4)CC3)c2)CC1=O.[HH]. The highest BCUT2D eigenvalue weighted by atomic mass is 16.2. The Hall–Kier alpha value is -2.89. The molecule has 142 valence electrons. The van der Waals surface area contributed by atoms with Crippen LogP contribution in [0.3, 0.4) is 0 Å². The lowest BCUT2D eigenvalue weighted by Crippen LogP contribution is -2.48. The number of carbonyl (C=O) groups excluding carboxylic acids is 2. The molecule has 1 N–H and O–H groups in total. The van der Waals surface area contributed by atoms with Gasteiger partial charge in [0.25, 0.3) is 5.91 Å². The van der Waals surface area contributed by atoms with E-state index in [1.165, 1.54) is 5.56 Å². The lowest BCUT2D eigenvalue weighted by molar-refractivity contribution is -0.129. The minimum absolute atomic E-state index is 0. The van der Waals surface area contributed by atoms with Crippen molar-refractivity contribution in [1.29, 1.82) is 0 Å². The first kappa shape index (κ1) is 17.5. The second-order valence-corrected chi connectivity index (χ2v) is 7.53. The van der Waals surface area contributed by atoms with Crippen LogP contribution in [0, 0.1) is 0 Å². The zero-order valence-corrected chi connectivity index (χ0v) is 15.5. The van der Waals surface area contributed by atoms with E-state index in [-0.39, 0.29) is 18.8 Å². The predicted molar refractivity (Wildman–Crippen MR) is 106 cm³/mol. The fraction of sp³-hybridized carbons (Fsp3) is 0.381. The summed E-state index contributed by atoms with van der Waals surface area (Å²) in [5.41, 5.74) is 2.34. The molecule has 2 amide bonds. The molecular formula is C21H26N4O2. The summed E-state index contributed by atoms with van der Waals surface area (Å²) in [5.74, 6) is -0.0606. The Labute approximate surface area is 160 Å². The zero-order valence-electron chi connectivity index (χ0n) is 15.5. The van der Waals surface area contributed by atoms with Crippen LogP contribution in [0.15, 0.2) is 48.7 Å². The van der Waals surface area contributed by atoms with Crippen LogP contribution in [0.1, 0.15) is 30.3 Å². The van der Waals surface area contributed by atoms with Gasteiger partial charge in [0, 0.05) is 39.0 Å². The maximum Gasteiger partial charge on any atom is 0.270 e. The Morgan fingerprint density at radius 1 is 1.22 bits per heavy atom. The lowest BCUT2D eigenvalue weighted by Gasteiger charge is -2.33. The largest absolute Gasteiger partial charge is 0.360 e. The van der Waals surface area contributed by atoms with Crippen molar-refractivity contribution in [3.63, 3.8) is 0 Å². The fourth-order valence-corrected chi connectivity index (χ4v) is 3.51. The standard InChI is InChI=1S/C21H24N4O2.H2/c1-24-11-12-25(15-19(24)26)17-7-10-22-18(13-17)20(27)23-21(8-9-21)14-16-5-3-2-4-6-16;/h2-7,10,13H,8-9,11-12,14-15H2,1H3,(H,23,27);1H. The molecule has 27 heavy (non-hydrogen) atoms. The Kier molecular flexibility index (Phi) is 4.56. The highest BCUT2D eigenvalue weighted by molar-refractivity contribution is 5.94. The minimum Gasteiger partial charge on any atom is -0.360 e. The van der Waals surface area contributed by atoms with E-state index in [0.717, 1.165) is 31.5 Å². The number of piperazine rings is 1. The first-order valence-corrected chi connectivity index (χ1v) is 9.36. The summed E-state index contributed by atoms with van der Waals surface area (Å²) in [6.07, 6.45) is 4.45. The molecule has 0 unspecified atom stereocenters. The topological polar surface area (TPSA) is 65.5 Å². The van der Waals surface area contributed by atoms with Gasteiger partial charge in [0.2, 0.25) is 5.91 Å². The third kappa shape index (κ3) is 3.94. The molecule has 0 spiro atoms. The van der Waals surface area contributed by atoms with Crippen molar-refractivity contribution >= 4 is 17.5 Å². The van der Waals surface area contributed by atoms with Crippen molar-refractivity contribution in [2.45, 2.75) is 24.8 Å². The van der Waals surface area contributed by atoms with Crippen molar-refractivity contribution in [2.24, 2.45) is 0 Å². The van der Waals surface area contributed by atoms with E-state index in [1.54, 1.807) is 17.2 Å². The summed E-state index contributed by atoms with van der Waals surface area (Å²) in [6.45, 7) is 1.77. The van der Waals surface area contributed by atoms with Gasteiger partial charge in [0.15, 0.2) is 0 Å². The number of amides is 2. The summed E-state index contributed by atoms with van der Waals surface area (Å²) < 4.78 is 0. The third-order valence-corrected chi connectivity index (χ3v) is 5.42. The molecule has 2 aliphatic rings. The van der Waals surface area contributed by atoms with Crippen molar-refractivity contribution < 1.29 is 11.0 Å². The molecule has 1 aromatic heterocycles. The Morgan fingerprint density at radius 3 is 2.70 bits per heavy atom. The monoisotopic (exact) mass is 366 g/mol. The molecule has 0 atom stereocenters. The molecule has 2 aromatic rings. The number of nitrogens with zero attached hydrogens (tertiary/aromatic N) is 3. The van der Waals surface area contributed by atoms with Gasteiger partial charge >= 0.3 is 0 Å². The highest BCUT2D eigenvalue weighted by Crippen LogP contribution is 2.38. The van der Waals surface area contributed by atoms with Crippen LogP contribution in [0.25, 0.3) is 0 Å². The number of carbonyl (C=O) groups is 2. The first-order valence-electron chi connectivity index (χ1n) is 9.36. The number of benzene rings is 1. The van der Waals surface area contributed by atoms with Gasteiger partial charge in [-0.05, 0) is 37.0 Å². The normalized spacial score (nSPS) is 18.3. The molecule has 1 aromatic carbocycles. The van der Waals surface area contributed by atoms with Crippen molar-refractivity contribution in [3.8, 4) is 0 Å². The van der Waals surface area contributed by atoms with Gasteiger partial charge in [0.05, 0.1) is 6.54 Å². The molecule has 1 saturated heterocycles. The van der Waals surface area contributed by atoms with Crippen LogP contribution in [0.4, 0.5) is 5.69 Å². The molecule has 1 aliphatic carbocycles. The van der Waals surface area contributed by atoms with Gasteiger partial charge < -0.3 is 15.1 Å². The maximum absolute atomic E-state index is 12.8. The average Bonchev–Trinajstić information content (AvgIpc) is 3.43. The molecule has 1 aliphatic heterocycles. The van der Waals surface area contributed by atoms with Crippen LogP contribution in [-0.2, 0) is 11.2 Å². The maximum atomic E-state index is 12.8. The summed E-state index contributed by atoms with van der Waals surface area (Å²) in [4.78, 5) is 32.7. The number of aromatic nitrogens is 1. The van der Waals surface area contributed by atoms with E-state index in [2.05, 4.69) is 22.4 Å². The van der Waals surface area contributed by atoms with Crippen molar-refractivity contribution in [2.75, 3.05) is 31.6 Å². The number of likely N-dealkylation sites (N-methyl/N-ethyl adjacent to an activating group) is 1. The van der Waals surface area contributed by atoms with Crippen LogP contribution >= 0.6 is 0 Å². The number of nitrogens with one attached hydrogen (secondary N) is 1. The van der Waals surface area contributed by atoms with E-state index in [1.807, 2.05) is 36.2 Å². The molecule has 6 nitrogen and oxygen atoms in total. The molecule has 4 rings (SSSR count). The zero-order chi connectivity index (χ0) is 18.9. The van der Waals surface area contributed by atoms with Gasteiger partial charge in [-0.1, -0.05) is 30.3 Å². The second-order valence-electron chi connectivity index (χ2n) is 7.53. The quantitative estimate of drug-likeness (QED) is 0.880. The van der Waals surface area contributed by atoms with Gasteiger partial charge in [-0.25, -0.2) is 0 Å². The van der Waals surface area contributed by atoms with E-state index < -0.39 is 0 Å². The second kappa shape index (κ2) is 7.02. The number of rotatable bonds is 5. The van der Waals surface area contributed by atoms with Gasteiger partial charge in [0.1, 0.15) is 5.69 Å². The van der Waals surface area contributed by atoms with E-state index in [4.69, 9.17) is 0 Å². The minimum atomic E-state index is -0.153. The first-order chi connectivity index (χ1) is 13.0. The lowest BCUT2D eigenvalue weighted by atomic mass is 10.0. The average molecular weight is 366 g/mol. The molecule has 0 radical (unpaired) electrons. The van der Waals surface area contributed by atoms with Gasteiger partial charge in [-0.3, -0.25) is 14.6 Å². The fourth-order valence-electron chi connectivity index (χ4n) is 3.51. The molecule has 2 heterocycles. The van der Waals surface area contributed by atoms with Crippen LogP contribution in [-0.4, -0.2) is 53.9 Å². The van der Waals surface area contributed by atoms with Crippen LogP contribution in [0.5, 0.6) is 0 Å². The number of anilines is 1. The van der Waals surface area contributed by atoms with Crippen molar-refractivity contribution in [1.82, 2.24) is 15.2 Å². The van der Waals surface area contributed by atoms with Crippen LogP contribution < -0.4 is 10.2 Å². The van der Waals surface area contributed by atoms with Crippen molar-refractivity contribution in [3.05, 3.63) is 59.9 Å². The van der Waals surface area contributed by atoms with E-state index >= 15 is 0 Å². The Balaban J connectivity index is 0.00000225. The van der Waals surface area contributed by atoms with E-state index in [9.17, 15) is 9.59 Å². The van der Waals surface area contributed by atoms with Crippen LogP contribution in [0.2, 0.25) is 0 Å². The summed E-state index contributed by atoms with van der Waals surface area (Å²) in [5, 5.41) is 3.18. The third-order valence-electron chi connectivity index (χ3n) is 5.42. The molecule has 6 heteroatoms. The predicted octanol–water partition coefficient (Wildman–Crippen LogP) is 2.11.